The van der Waals surface area contributed by atoms with Gasteiger partial charge in [0.05, 0.1) is 12.8 Å². The van der Waals surface area contributed by atoms with E-state index in [1.54, 1.807) is 26.2 Å². The predicted molar refractivity (Wildman–Crippen MR) is 105 cm³/mol. The van der Waals surface area contributed by atoms with Gasteiger partial charge < -0.3 is 20.2 Å². The second kappa shape index (κ2) is 8.22. The Bertz CT molecular complexity index is 914. The predicted octanol–water partition coefficient (Wildman–Crippen LogP) is 2.84. The molecular formula is C19H18BrN3O4. The Morgan fingerprint density at radius 2 is 2.07 bits per heavy atom. The number of anilines is 1. The molecule has 0 fully saturated rings. The Balaban J connectivity index is 1.63. The zero-order valence-corrected chi connectivity index (χ0v) is 16.4. The Morgan fingerprint density at radius 1 is 1.30 bits per heavy atom. The van der Waals surface area contributed by atoms with E-state index in [9.17, 15) is 9.59 Å². The second-order valence-corrected chi connectivity index (χ2v) is 6.78. The highest BCUT2D eigenvalue weighted by atomic mass is 79.9. The molecule has 0 spiro atoms. The van der Waals surface area contributed by atoms with Crippen LogP contribution in [0.3, 0.4) is 0 Å². The quantitative estimate of drug-likeness (QED) is 0.688. The number of oxime groups is 1. The second-order valence-electron chi connectivity index (χ2n) is 5.86. The Kier molecular flexibility index (Phi) is 5.75. The number of fused-ring (bicyclic) bond motifs is 1. The Morgan fingerprint density at radius 3 is 2.85 bits per heavy atom. The van der Waals surface area contributed by atoms with Gasteiger partial charge in [-0.05, 0) is 31.2 Å². The SMILES string of the molecule is COc1ccccc1CNC(=O)C(C)ON=C1C(=O)Nc2ccc(Br)cc21. The van der Waals surface area contributed by atoms with E-state index >= 15 is 0 Å². The molecule has 2 aromatic rings. The summed E-state index contributed by atoms with van der Waals surface area (Å²) in [6, 6.07) is 12.8. The van der Waals surface area contributed by atoms with E-state index in [1.807, 2.05) is 30.3 Å². The molecule has 1 heterocycles. The van der Waals surface area contributed by atoms with Crippen molar-refractivity contribution in [2.45, 2.75) is 19.6 Å². The van der Waals surface area contributed by atoms with E-state index in [4.69, 9.17) is 9.57 Å². The van der Waals surface area contributed by atoms with E-state index in [0.29, 0.717) is 23.5 Å². The van der Waals surface area contributed by atoms with Gasteiger partial charge in [-0.2, -0.15) is 0 Å². The Hall–Kier alpha value is -2.87. The molecule has 0 saturated carbocycles. The summed E-state index contributed by atoms with van der Waals surface area (Å²) in [7, 11) is 1.57. The van der Waals surface area contributed by atoms with Gasteiger partial charge in [0.25, 0.3) is 11.8 Å². The van der Waals surface area contributed by atoms with Crippen molar-refractivity contribution in [3.05, 3.63) is 58.1 Å². The van der Waals surface area contributed by atoms with Gasteiger partial charge >= 0.3 is 0 Å². The molecule has 0 aliphatic carbocycles. The highest BCUT2D eigenvalue weighted by Crippen LogP contribution is 2.27. The fraction of sp³-hybridized carbons (Fsp3) is 0.211. The molecule has 0 radical (unpaired) electrons. The van der Waals surface area contributed by atoms with Crippen LogP contribution in [-0.4, -0.2) is 30.7 Å². The number of hydrogen-bond acceptors (Lipinski definition) is 5. The average Bonchev–Trinajstić information content (AvgIpc) is 2.98. The van der Waals surface area contributed by atoms with Crippen molar-refractivity contribution < 1.29 is 19.2 Å². The topological polar surface area (TPSA) is 89.0 Å². The van der Waals surface area contributed by atoms with Crippen molar-refractivity contribution in [2.24, 2.45) is 5.16 Å². The number of rotatable bonds is 6. The molecule has 2 N–H and O–H groups in total. The molecule has 8 heteroatoms. The van der Waals surface area contributed by atoms with Crippen LogP contribution in [0.5, 0.6) is 5.75 Å². The van der Waals surface area contributed by atoms with Crippen LogP contribution >= 0.6 is 15.9 Å². The van der Waals surface area contributed by atoms with Crippen molar-refractivity contribution in [1.29, 1.82) is 0 Å². The highest BCUT2D eigenvalue weighted by Gasteiger charge is 2.27. The molecule has 1 atom stereocenters. The summed E-state index contributed by atoms with van der Waals surface area (Å²) >= 11 is 3.36. The number of methoxy groups -OCH3 is 1. The molecule has 1 aliphatic rings. The molecule has 0 saturated heterocycles. The maximum atomic E-state index is 12.2. The van der Waals surface area contributed by atoms with E-state index in [1.165, 1.54) is 0 Å². The van der Waals surface area contributed by atoms with Crippen LogP contribution in [-0.2, 0) is 21.0 Å². The van der Waals surface area contributed by atoms with Crippen LogP contribution in [0.2, 0.25) is 0 Å². The summed E-state index contributed by atoms with van der Waals surface area (Å²) in [5.74, 6) is -0.0284. The van der Waals surface area contributed by atoms with Gasteiger partial charge in [-0.1, -0.05) is 39.3 Å². The first kappa shape index (κ1) is 18.9. The lowest BCUT2D eigenvalue weighted by molar-refractivity contribution is -0.132. The van der Waals surface area contributed by atoms with Gasteiger partial charge in [-0.15, -0.1) is 0 Å². The van der Waals surface area contributed by atoms with Crippen molar-refractivity contribution in [1.82, 2.24) is 5.32 Å². The number of nitrogens with one attached hydrogen (secondary N) is 2. The first-order valence-electron chi connectivity index (χ1n) is 8.24. The standard InChI is InChI=1S/C19H18BrN3O4/c1-11(18(24)21-10-12-5-3-4-6-16(12)26-2)27-23-17-14-9-13(20)7-8-15(14)22-19(17)25/h3-9,11H,10H2,1-2H3,(H,21,24)(H,22,23,25). The van der Waals surface area contributed by atoms with Gasteiger partial charge in [0.15, 0.2) is 5.71 Å². The molecular weight excluding hydrogens is 414 g/mol. The molecule has 1 aliphatic heterocycles. The van der Waals surface area contributed by atoms with Gasteiger partial charge in [-0.25, -0.2) is 0 Å². The molecule has 0 aromatic heterocycles. The van der Waals surface area contributed by atoms with Crippen molar-refractivity contribution in [2.75, 3.05) is 12.4 Å². The molecule has 3 rings (SSSR count). The third-order valence-corrected chi connectivity index (χ3v) is 4.51. The van der Waals surface area contributed by atoms with Gasteiger partial charge in [0.2, 0.25) is 6.10 Å². The number of benzene rings is 2. The molecule has 27 heavy (non-hydrogen) atoms. The molecule has 1 unspecified atom stereocenters. The summed E-state index contributed by atoms with van der Waals surface area (Å²) in [5.41, 5.74) is 2.26. The number of amides is 2. The number of carbonyl (C=O) groups is 2. The summed E-state index contributed by atoms with van der Waals surface area (Å²) in [6.45, 7) is 1.86. The third kappa shape index (κ3) is 4.28. The lowest BCUT2D eigenvalue weighted by Crippen LogP contribution is -2.33. The normalized spacial score (nSPS) is 15.1. The highest BCUT2D eigenvalue weighted by molar-refractivity contribution is 9.10. The molecule has 2 aromatic carbocycles. The number of halogens is 1. The lowest BCUT2D eigenvalue weighted by Gasteiger charge is -2.12. The van der Waals surface area contributed by atoms with Crippen LogP contribution in [0, 0.1) is 0 Å². The van der Waals surface area contributed by atoms with Crippen LogP contribution in [0.25, 0.3) is 0 Å². The fourth-order valence-electron chi connectivity index (χ4n) is 2.57. The van der Waals surface area contributed by atoms with Crippen LogP contribution in [0.1, 0.15) is 18.1 Å². The van der Waals surface area contributed by atoms with E-state index in [-0.39, 0.29) is 17.5 Å². The monoisotopic (exact) mass is 431 g/mol. The van der Waals surface area contributed by atoms with Crippen LogP contribution in [0.4, 0.5) is 5.69 Å². The largest absolute Gasteiger partial charge is 0.496 e. The van der Waals surface area contributed by atoms with Gasteiger partial charge in [0, 0.05) is 22.1 Å². The number of ether oxygens (including phenoxy) is 1. The molecule has 2 amide bonds. The molecule has 0 bridgehead atoms. The minimum absolute atomic E-state index is 0.135. The Labute approximate surface area is 164 Å². The van der Waals surface area contributed by atoms with Crippen LogP contribution in [0.15, 0.2) is 52.1 Å². The van der Waals surface area contributed by atoms with Crippen molar-refractivity contribution >= 4 is 39.1 Å². The third-order valence-electron chi connectivity index (χ3n) is 4.02. The van der Waals surface area contributed by atoms with Gasteiger partial charge in [0.1, 0.15) is 5.75 Å². The first-order chi connectivity index (χ1) is 13.0. The zero-order valence-electron chi connectivity index (χ0n) is 14.8. The number of carbonyl (C=O) groups excluding carboxylic acids is 2. The smallest absolute Gasteiger partial charge is 0.278 e. The zero-order chi connectivity index (χ0) is 19.4. The number of nitrogens with zero attached hydrogens (tertiary/aromatic N) is 1. The van der Waals surface area contributed by atoms with Crippen LogP contribution < -0.4 is 15.4 Å². The summed E-state index contributed by atoms with van der Waals surface area (Å²) in [6.07, 6.45) is -0.865. The lowest BCUT2D eigenvalue weighted by atomic mass is 10.1. The first-order valence-corrected chi connectivity index (χ1v) is 9.03. The molecule has 7 nitrogen and oxygen atoms in total. The van der Waals surface area contributed by atoms with Gasteiger partial charge in [-0.3, -0.25) is 9.59 Å². The maximum Gasteiger partial charge on any atom is 0.278 e. The van der Waals surface area contributed by atoms with Crippen molar-refractivity contribution in [3.8, 4) is 5.75 Å². The fourth-order valence-corrected chi connectivity index (χ4v) is 2.93. The molecule has 140 valence electrons. The minimum Gasteiger partial charge on any atom is -0.496 e. The maximum absolute atomic E-state index is 12.2. The van der Waals surface area contributed by atoms with E-state index < -0.39 is 6.10 Å². The minimum atomic E-state index is -0.865. The van der Waals surface area contributed by atoms with Crippen molar-refractivity contribution in [3.63, 3.8) is 0 Å². The van der Waals surface area contributed by atoms with E-state index in [2.05, 4.69) is 31.7 Å². The number of hydrogen-bond donors (Lipinski definition) is 2. The summed E-state index contributed by atoms with van der Waals surface area (Å²) in [5, 5.41) is 9.36. The number of para-hydroxylation sites is 1. The summed E-state index contributed by atoms with van der Waals surface area (Å²) in [4.78, 5) is 29.6. The average molecular weight is 432 g/mol. The summed E-state index contributed by atoms with van der Waals surface area (Å²) < 4.78 is 6.07. The van der Waals surface area contributed by atoms with E-state index in [0.717, 1.165) is 10.0 Å².